The number of nitrogens with zero attached hydrogens (tertiary/aromatic N) is 1. The fraction of sp³-hybridized carbons (Fsp3) is 0.400. The van der Waals surface area contributed by atoms with Gasteiger partial charge in [0.15, 0.2) is 0 Å². The van der Waals surface area contributed by atoms with Crippen molar-refractivity contribution in [2.24, 2.45) is 5.41 Å². The normalized spacial score (nSPS) is 17.2. The van der Waals surface area contributed by atoms with Gasteiger partial charge < -0.3 is 14.4 Å². The summed E-state index contributed by atoms with van der Waals surface area (Å²) >= 11 is 0. The molecule has 1 aromatic carbocycles. The number of fused-ring (bicyclic) bond motifs is 1. The lowest BCUT2D eigenvalue weighted by Gasteiger charge is -2.40. The average molecular weight is 259 g/mol. The third-order valence-corrected chi connectivity index (χ3v) is 4.19. The molecule has 0 atom stereocenters. The fourth-order valence-corrected chi connectivity index (χ4v) is 2.73. The number of amides is 1. The zero-order chi connectivity index (χ0) is 13.5. The van der Waals surface area contributed by atoms with Gasteiger partial charge in [-0.25, -0.2) is 0 Å². The molecule has 0 spiro atoms. The molecule has 1 saturated carbocycles. The number of benzene rings is 1. The third kappa shape index (κ3) is 1.75. The minimum absolute atomic E-state index is 0.0206. The molecule has 0 unspecified atom stereocenters. The molecule has 1 aliphatic carbocycles. The van der Waals surface area contributed by atoms with E-state index in [9.17, 15) is 9.90 Å². The molecule has 2 aromatic rings. The van der Waals surface area contributed by atoms with Crippen LogP contribution in [-0.4, -0.2) is 24.7 Å². The quantitative estimate of drug-likeness (QED) is 0.921. The van der Waals surface area contributed by atoms with E-state index in [1.54, 1.807) is 18.2 Å². The molecule has 1 amide bonds. The molecule has 0 radical (unpaired) electrons. The van der Waals surface area contributed by atoms with Crippen LogP contribution in [0.2, 0.25) is 0 Å². The van der Waals surface area contributed by atoms with Crippen LogP contribution >= 0.6 is 0 Å². The first-order valence-corrected chi connectivity index (χ1v) is 6.53. The van der Waals surface area contributed by atoms with Crippen LogP contribution in [0.1, 0.15) is 19.3 Å². The van der Waals surface area contributed by atoms with Crippen molar-refractivity contribution in [1.82, 2.24) is 0 Å². The molecular formula is C15H17NO3. The minimum Gasteiger partial charge on any atom is -0.462 e. The van der Waals surface area contributed by atoms with Gasteiger partial charge in [-0.05, 0) is 25.0 Å². The molecule has 100 valence electrons. The van der Waals surface area contributed by atoms with Crippen molar-refractivity contribution in [3.05, 3.63) is 30.5 Å². The lowest BCUT2D eigenvalue weighted by molar-refractivity contribution is -0.136. The predicted octanol–water partition coefficient (Wildman–Crippen LogP) is 2.56. The van der Waals surface area contributed by atoms with Gasteiger partial charge >= 0.3 is 0 Å². The molecule has 1 heterocycles. The van der Waals surface area contributed by atoms with Crippen LogP contribution in [0.5, 0.6) is 0 Å². The molecule has 3 rings (SSSR count). The fourth-order valence-electron chi connectivity index (χ4n) is 2.73. The summed E-state index contributed by atoms with van der Waals surface area (Å²) in [5.41, 5.74) is 0.955. The Labute approximate surface area is 111 Å². The summed E-state index contributed by atoms with van der Waals surface area (Å²) in [5.74, 6) is -0.0206. The van der Waals surface area contributed by atoms with Gasteiger partial charge in [-0.15, -0.1) is 0 Å². The largest absolute Gasteiger partial charge is 0.462 e. The van der Waals surface area contributed by atoms with Crippen molar-refractivity contribution in [3.8, 4) is 0 Å². The van der Waals surface area contributed by atoms with E-state index in [4.69, 9.17) is 4.42 Å². The van der Waals surface area contributed by atoms with E-state index in [0.29, 0.717) is 0 Å². The highest BCUT2D eigenvalue weighted by Crippen LogP contribution is 2.43. The molecule has 1 aromatic heterocycles. The van der Waals surface area contributed by atoms with Crippen molar-refractivity contribution < 1.29 is 14.3 Å². The Bertz CT molecular complexity index is 607. The number of carbonyl (C=O) groups excluding carboxylic acids is 1. The number of rotatable bonds is 3. The lowest BCUT2D eigenvalue weighted by atomic mass is 9.68. The summed E-state index contributed by atoms with van der Waals surface area (Å²) in [6, 6.07) is 7.63. The summed E-state index contributed by atoms with van der Waals surface area (Å²) in [7, 11) is 1.75. The van der Waals surface area contributed by atoms with E-state index in [0.717, 1.165) is 35.9 Å². The molecule has 19 heavy (non-hydrogen) atoms. The number of carbonyl (C=O) groups is 1. The van der Waals surface area contributed by atoms with Crippen molar-refractivity contribution in [2.75, 3.05) is 18.6 Å². The Hall–Kier alpha value is -1.81. The number of para-hydroxylation sites is 1. The number of hydrogen-bond acceptors (Lipinski definition) is 3. The Morgan fingerprint density at radius 3 is 2.79 bits per heavy atom. The average Bonchev–Trinajstić information content (AvgIpc) is 2.81. The number of anilines is 1. The highest BCUT2D eigenvalue weighted by Gasteiger charge is 2.45. The SMILES string of the molecule is CN(C(=O)C1(CO)CCC1)c1coc2ccccc12. The van der Waals surface area contributed by atoms with Crippen molar-refractivity contribution in [1.29, 1.82) is 0 Å². The van der Waals surface area contributed by atoms with Gasteiger partial charge in [0, 0.05) is 12.4 Å². The first-order valence-electron chi connectivity index (χ1n) is 6.53. The van der Waals surface area contributed by atoms with Crippen LogP contribution in [0.4, 0.5) is 5.69 Å². The standard InChI is InChI=1S/C15H17NO3/c1-16(14(18)15(10-17)7-4-8-15)12-9-19-13-6-3-2-5-11(12)13/h2-3,5-6,9,17H,4,7-8,10H2,1H3. The van der Waals surface area contributed by atoms with Gasteiger partial charge in [0.05, 0.1) is 17.7 Å². The van der Waals surface area contributed by atoms with Crippen LogP contribution in [0.15, 0.2) is 34.9 Å². The van der Waals surface area contributed by atoms with Crippen LogP contribution in [0, 0.1) is 5.41 Å². The van der Waals surface area contributed by atoms with Crippen LogP contribution in [-0.2, 0) is 4.79 Å². The van der Waals surface area contributed by atoms with E-state index in [1.165, 1.54) is 0 Å². The van der Waals surface area contributed by atoms with Crippen LogP contribution < -0.4 is 4.90 Å². The highest BCUT2D eigenvalue weighted by molar-refractivity contribution is 6.04. The van der Waals surface area contributed by atoms with E-state index < -0.39 is 5.41 Å². The Morgan fingerprint density at radius 2 is 2.16 bits per heavy atom. The van der Waals surface area contributed by atoms with E-state index in [2.05, 4.69) is 0 Å². The topological polar surface area (TPSA) is 53.7 Å². The maximum atomic E-state index is 12.5. The van der Waals surface area contributed by atoms with Crippen LogP contribution in [0.25, 0.3) is 11.0 Å². The molecule has 1 aliphatic rings. The van der Waals surface area contributed by atoms with E-state index in [-0.39, 0.29) is 12.5 Å². The molecule has 4 nitrogen and oxygen atoms in total. The number of hydrogen-bond donors (Lipinski definition) is 1. The van der Waals surface area contributed by atoms with E-state index >= 15 is 0 Å². The van der Waals surface area contributed by atoms with Crippen molar-refractivity contribution in [3.63, 3.8) is 0 Å². The van der Waals surface area contributed by atoms with Gasteiger partial charge in [0.25, 0.3) is 0 Å². The summed E-state index contributed by atoms with van der Waals surface area (Å²) in [6.07, 6.45) is 4.14. The smallest absolute Gasteiger partial charge is 0.235 e. The summed E-state index contributed by atoms with van der Waals surface area (Å²) in [5, 5.41) is 10.4. The molecule has 0 saturated heterocycles. The molecule has 0 aliphatic heterocycles. The number of aliphatic hydroxyl groups is 1. The molecular weight excluding hydrogens is 242 g/mol. The van der Waals surface area contributed by atoms with E-state index in [1.807, 2.05) is 24.3 Å². The first kappa shape index (κ1) is 12.2. The molecule has 0 bridgehead atoms. The molecule has 4 heteroatoms. The maximum Gasteiger partial charge on any atom is 0.235 e. The summed E-state index contributed by atoms with van der Waals surface area (Å²) < 4.78 is 5.46. The second kappa shape index (κ2) is 4.38. The monoisotopic (exact) mass is 259 g/mol. The lowest BCUT2D eigenvalue weighted by Crippen LogP contribution is -2.49. The van der Waals surface area contributed by atoms with Gasteiger partial charge in [-0.2, -0.15) is 0 Å². The van der Waals surface area contributed by atoms with Gasteiger partial charge in [0.1, 0.15) is 11.8 Å². The number of furan rings is 1. The molecule has 1 N–H and O–H groups in total. The Kier molecular flexibility index (Phi) is 2.82. The second-order valence-electron chi connectivity index (χ2n) is 5.27. The zero-order valence-corrected chi connectivity index (χ0v) is 10.9. The third-order valence-electron chi connectivity index (χ3n) is 4.19. The van der Waals surface area contributed by atoms with Gasteiger partial charge in [-0.3, -0.25) is 4.79 Å². The number of aliphatic hydroxyl groups excluding tert-OH is 1. The Balaban J connectivity index is 1.95. The van der Waals surface area contributed by atoms with Crippen LogP contribution in [0.3, 0.4) is 0 Å². The summed E-state index contributed by atoms with van der Waals surface area (Å²) in [4.78, 5) is 14.2. The summed E-state index contributed by atoms with van der Waals surface area (Å²) in [6.45, 7) is -0.0774. The minimum atomic E-state index is -0.576. The Morgan fingerprint density at radius 1 is 1.42 bits per heavy atom. The highest BCUT2D eigenvalue weighted by atomic mass is 16.3. The van der Waals surface area contributed by atoms with Gasteiger partial charge in [-0.1, -0.05) is 18.6 Å². The zero-order valence-electron chi connectivity index (χ0n) is 10.9. The van der Waals surface area contributed by atoms with Gasteiger partial charge in [0.2, 0.25) is 5.91 Å². The second-order valence-corrected chi connectivity index (χ2v) is 5.27. The van der Waals surface area contributed by atoms with Crippen molar-refractivity contribution in [2.45, 2.75) is 19.3 Å². The van der Waals surface area contributed by atoms with Crippen molar-refractivity contribution >= 4 is 22.6 Å². The first-order chi connectivity index (χ1) is 9.18. The molecule has 1 fully saturated rings. The predicted molar refractivity (Wildman–Crippen MR) is 73.0 cm³/mol. The maximum absolute atomic E-state index is 12.5.